The summed E-state index contributed by atoms with van der Waals surface area (Å²) in [5.41, 5.74) is 4.06. The molecule has 2 aromatic heterocycles. The maximum atomic E-state index is 12.3. The molecule has 1 aliphatic rings. The summed E-state index contributed by atoms with van der Waals surface area (Å²) in [7, 11) is 0. The molecule has 2 aromatic rings. The van der Waals surface area contributed by atoms with Crippen LogP contribution in [0.25, 0.3) is 0 Å². The van der Waals surface area contributed by atoms with Gasteiger partial charge in [-0.05, 0) is 31.4 Å². The quantitative estimate of drug-likeness (QED) is 0.914. The van der Waals surface area contributed by atoms with Gasteiger partial charge in [-0.2, -0.15) is 0 Å². The van der Waals surface area contributed by atoms with Crippen LogP contribution < -0.4 is 5.32 Å². The summed E-state index contributed by atoms with van der Waals surface area (Å²) in [6.07, 6.45) is 2.75. The minimum Gasteiger partial charge on any atom is -0.456 e. The average Bonchev–Trinajstić information content (AvgIpc) is 3.18. The van der Waals surface area contributed by atoms with Gasteiger partial charge in [0.25, 0.3) is 5.91 Å². The van der Waals surface area contributed by atoms with Crippen LogP contribution in [0.2, 0.25) is 0 Å². The Morgan fingerprint density at radius 3 is 2.87 bits per heavy atom. The first-order valence-corrected chi connectivity index (χ1v) is 9.09. The van der Waals surface area contributed by atoms with Crippen molar-refractivity contribution in [1.82, 2.24) is 15.2 Å². The van der Waals surface area contributed by atoms with Crippen molar-refractivity contribution >= 4 is 17.2 Å². The van der Waals surface area contributed by atoms with Crippen molar-refractivity contribution in [2.45, 2.75) is 45.7 Å². The van der Waals surface area contributed by atoms with Gasteiger partial charge in [0, 0.05) is 37.5 Å². The number of aryl methyl sites for hydroxylation is 2. The fourth-order valence-electron chi connectivity index (χ4n) is 3.02. The molecule has 1 saturated heterocycles. The first-order chi connectivity index (χ1) is 11.2. The van der Waals surface area contributed by atoms with Crippen molar-refractivity contribution in [3.63, 3.8) is 0 Å². The molecule has 0 saturated carbocycles. The Hall–Kier alpha value is -1.66. The maximum absolute atomic E-state index is 12.3. The zero-order valence-electron chi connectivity index (χ0n) is 13.7. The summed E-state index contributed by atoms with van der Waals surface area (Å²) in [4.78, 5) is 19.0. The Balaban J connectivity index is 1.49. The summed E-state index contributed by atoms with van der Waals surface area (Å²) in [5.74, 6) is 1.24. The van der Waals surface area contributed by atoms with Crippen molar-refractivity contribution in [3.05, 3.63) is 39.7 Å². The van der Waals surface area contributed by atoms with E-state index in [2.05, 4.69) is 20.6 Å². The second-order valence-electron chi connectivity index (χ2n) is 6.07. The van der Waals surface area contributed by atoms with E-state index < -0.39 is 0 Å². The number of aromatic nitrogens is 1. The Kier molecular flexibility index (Phi) is 5.13. The van der Waals surface area contributed by atoms with Crippen molar-refractivity contribution in [1.29, 1.82) is 0 Å². The summed E-state index contributed by atoms with van der Waals surface area (Å²) >= 11 is 1.63. The van der Waals surface area contributed by atoms with Crippen LogP contribution in [0.4, 0.5) is 0 Å². The van der Waals surface area contributed by atoms with Crippen molar-refractivity contribution in [3.8, 4) is 0 Å². The first-order valence-electron chi connectivity index (χ1n) is 8.15. The molecule has 0 radical (unpaired) electrons. The lowest BCUT2D eigenvalue weighted by atomic mass is 10.0. The SMILES string of the molecule is CCc1oc(C(=O)NC2CCN(Cc3cscn3)CC2)cc1C. The fourth-order valence-corrected chi connectivity index (χ4v) is 3.57. The highest BCUT2D eigenvalue weighted by Crippen LogP contribution is 2.17. The van der Waals surface area contributed by atoms with Crippen LogP contribution in [0.1, 0.15) is 47.3 Å². The molecular weight excluding hydrogens is 310 g/mol. The second-order valence-corrected chi connectivity index (χ2v) is 6.79. The molecule has 0 atom stereocenters. The van der Waals surface area contributed by atoms with Crippen LogP contribution in [0.15, 0.2) is 21.4 Å². The molecule has 6 heteroatoms. The van der Waals surface area contributed by atoms with Crippen LogP contribution in [0.5, 0.6) is 0 Å². The van der Waals surface area contributed by atoms with Crippen LogP contribution in [-0.4, -0.2) is 34.9 Å². The molecule has 1 aliphatic heterocycles. The monoisotopic (exact) mass is 333 g/mol. The van der Waals surface area contributed by atoms with E-state index in [0.29, 0.717) is 5.76 Å². The summed E-state index contributed by atoms with van der Waals surface area (Å²) < 4.78 is 5.63. The molecule has 1 amide bonds. The van der Waals surface area contributed by atoms with Gasteiger partial charge in [0.2, 0.25) is 0 Å². The maximum Gasteiger partial charge on any atom is 0.287 e. The fraction of sp³-hybridized carbons (Fsp3) is 0.529. The Morgan fingerprint density at radius 1 is 1.48 bits per heavy atom. The molecule has 1 fully saturated rings. The van der Waals surface area contributed by atoms with Gasteiger partial charge >= 0.3 is 0 Å². The van der Waals surface area contributed by atoms with Gasteiger partial charge in [-0.3, -0.25) is 9.69 Å². The topological polar surface area (TPSA) is 58.4 Å². The molecule has 124 valence electrons. The van der Waals surface area contributed by atoms with Crippen LogP contribution in [-0.2, 0) is 13.0 Å². The van der Waals surface area contributed by atoms with E-state index in [4.69, 9.17) is 4.42 Å². The van der Waals surface area contributed by atoms with E-state index in [0.717, 1.165) is 55.9 Å². The number of amides is 1. The third-order valence-electron chi connectivity index (χ3n) is 4.36. The first kappa shape index (κ1) is 16.2. The predicted molar refractivity (Wildman–Crippen MR) is 90.7 cm³/mol. The Labute approximate surface area is 140 Å². The van der Waals surface area contributed by atoms with E-state index >= 15 is 0 Å². The predicted octanol–water partition coefficient (Wildman–Crippen LogP) is 3.00. The molecule has 5 nitrogen and oxygen atoms in total. The van der Waals surface area contributed by atoms with Crippen LogP contribution in [0, 0.1) is 6.92 Å². The van der Waals surface area contributed by atoms with Crippen molar-refractivity contribution in [2.75, 3.05) is 13.1 Å². The molecule has 0 bridgehead atoms. The largest absolute Gasteiger partial charge is 0.456 e. The lowest BCUT2D eigenvalue weighted by Crippen LogP contribution is -2.44. The molecule has 0 aliphatic carbocycles. The number of furan rings is 1. The minimum atomic E-state index is -0.0919. The number of rotatable bonds is 5. The van der Waals surface area contributed by atoms with E-state index in [1.165, 1.54) is 0 Å². The number of piperidine rings is 1. The number of nitrogens with one attached hydrogen (secondary N) is 1. The molecule has 23 heavy (non-hydrogen) atoms. The van der Waals surface area contributed by atoms with E-state index in [-0.39, 0.29) is 11.9 Å². The van der Waals surface area contributed by atoms with Crippen molar-refractivity contribution in [2.24, 2.45) is 0 Å². The molecule has 0 unspecified atom stereocenters. The van der Waals surface area contributed by atoms with Gasteiger partial charge in [0.1, 0.15) is 5.76 Å². The standard InChI is InChI=1S/C17H23N3O2S/c1-3-15-12(2)8-16(22-15)17(21)19-13-4-6-20(7-5-13)9-14-10-23-11-18-14/h8,10-11,13H,3-7,9H2,1-2H3,(H,19,21). The number of likely N-dealkylation sites (tertiary alicyclic amines) is 1. The number of hydrogen-bond donors (Lipinski definition) is 1. The van der Waals surface area contributed by atoms with E-state index in [1.807, 2.05) is 25.4 Å². The average molecular weight is 333 g/mol. The minimum absolute atomic E-state index is 0.0919. The molecule has 3 heterocycles. The number of carbonyl (C=O) groups excluding carboxylic acids is 1. The van der Waals surface area contributed by atoms with Crippen molar-refractivity contribution < 1.29 is 9.21 Å². The number of nitrogens with zero attached hydrogens (tertiary/aromatic N) is 2. The lowest BCUT2D eigenvalue weighted by molar-refractivity contribution is 0.0879. The molecule has 0 spiro atoms. The highest BCUT2D eigenvalue weighted by atomic mass is 32.1. The smallest absolute Gasteiger partial charge is 0.287 e. The Bertz CT molecular complexity index is 643. The number of carbonyl (C=O) groups is 1. The molecule has 0 aromatic carbocycles. The summed E-state index contributed by atoms with van der Waals surface area (Å²) in [6.45, 7) is 6.89. The third-order valence-corrected chi connectivity index (χ3v) is 4.99. The van der Waals surface area contributed by atoms with Crippen LogP contribution >= 0.6 is 11.3 Å². The normalized spacial score (nSPS) is 16.6. The molecule has 3 rings (SSSR count). The Morgan fingerprint density at radius 2 is 2.26 bits per heavy atom. The van der Waals surface area contributed by atoms with E-state index in [1.54, 1.807) is 11.3 Å². The number of thiazole rings is 1. The van der Waals surface area contributed by atoms with Gasteiger partial charge in [-0.1, -0.05) is 6.92 Å². The highest BCUT2D eigenvalue weighted by molar-refractivity contribution is 7.07. The molecular formula is C17H23N3O2S. The summed E-state index contributed by atoms with van der Waals surface area (Å²) in [6, 6.07) is 2.07. The van der Waals surface area contributed by atoms with Gasteiger partial charge in [-0.15, -0.1) is 11.3 Å². The van der Waals surface area contributed by atoms with Crippen LogP contribution in [0.3, 0.4) is 0 Å². The zero-order valence-corrected chi connectivity index (χ0v) is 14.5. The third kappa shape index (κ3) is 4.00. The van der Waals surface area contributed by atoms with Gasteiger partial charge < -0.3 is 9.73 Å². The van der Waals surface area contributed by atoms with Gasteiger partial charge in [-0.25, -0.2) is 4.98 Å². The van der Waals surface area contributed by atoms with Gasteiger partial charge in [0.05, 0.1) is 11.2 Å². The second kappa shape index (κ2) is 7.27. The molecule has 1 N–H and O–H groups in total. The van der Waals surface area contributed by atoms with Gasteiger partial charge in [0.15, 0.2) is 5.76 Å². The number of hydrogen-bond acceptors (Lipinski definition) is 5. The zero-order chi connectivity index (χ0) is 16.2. The van der Waals surface area contributed by atoms with E-state index in [9.17, 15) is 4.79 Å². The highest BCUT2D eigenvalue weighted by Gasteiger charge is 2.23. The summed E-state index contributed by atoms with van der Waals surface area (Å²) in [5, 5.41) is 5.20. The lowest BCUT2D eigenvalue weighted by Gasteiger charge is -2.31.